The number of imidazole rings is 1. The number of rotatable bonds is 6. The maximum Gasteiger partial charge on any atom is 0.222 e. The molecule has 4 rings (SSSR count). The Morgan fingerprint density at radius 3 is 2.88 bits per heavy atom. The average molecular weight is 373 g/mol. The van der Waals surface area contributed by atoms with Crippen LogP contribution in [0.25, 0.3) is 0 Å². The molecule has 26 heavy (non-hydrogen) atoms. The average Bonchev–Trinajstić information content (AvgIpc) is 3.25. The van der Waals surface area contributed by atoms with Crippen LogP contribution in [-0.2, 0) is 17.8 Å². The minimum atomic E-state index is 0.277. The largest absolute Gasteiger partial charge is 0.342 e. The van der Waals surface area contributed by atoms with E-state index in [1.807, 2.05) is 18.6 Å². The molecule has 0 bridgehead atoms. The van der Waals surface area contributed by atoms with Crippen LogP contribution in [0.4, 0.5) is 0 Å². The molecule has 1 unspecified atom stereocenters. The lowest BCUT2D eigenvalue weighted by atomic mass is 9.85. The number of amides is 1. The molecule has 2 aromatic heterocycles. The van der Waals surface area contributed by atoms with Crippen molar-refractivity contribution in [2.75, 3.05) is 13.1 Å². The van der Waals surface area contributed by atoms with Crippen molar-refractivity contribution in [1.29, 1.82) is 0 Å². The highest BCUT2D eigenvalue weighted by atomic mass is 32.1. The number of piperidine rings is 1. The van der Waals surface area contributed by atoms with Gasteiger partial charge in [-0.3, -0.25) is 4.79 Å². The molecule has 5 nitrogen and oxygen atoms in total. The minimum Gasteiger partial charge on any atom is -0.342 e. The molecule has 1 saturated carbocycles. The number of aryl methyl sites for hydroxylation is 2. The van der Waals surface area contributed by atoms with Crippen LogP contribution in [0, 0.1) is 12.8 Å². The summed E-state index contributed by atoms with van der Waals surface area (Å²) in [7, 11) is 0. The summed E-state index contributed by atoms with van der Waals surface area (Å²) in [6, 6.07) is 0. The van der Waals surface area contributed by atoms with Gasteiger partial charge in [-0.15, -0.1) is 11.3 Å². The summed E-state index contributed by atoms with van der Waals surface area (Å²) in [5.74, 6) is 2.67. The van der Waals surface area contributed by atoms with E-state index in [0.717, 1.165) is 50.5 Å². The SMILES string of the molecule is Cc1ncsc1CCC(=O)N1CCCC(c2nccn2CC2CCC2)C1. The van der Waals surface area contributed by atoms with Gasteiger partial charge < -0.3 is 9.47 Å². The van der Waals surface area contributed by atoms with Crippen molar-refractivity contribution in [2.45, 2.75) is 64.3 Å². The summed E-state index contributed by atoms with van der Waals surface area (Å²) in [6.45, 7) is 4.84. The monoisotopic (exact) mass is 372 g/mol. The summed E-state index contributed by atoms with van der Waals surface area (Å²) < 4.78 is 2.35. The number of likely N-dealkylation sites (tertiary alicyclic amines) is 1. The third-order valence-electron chi connectivity index (χ3n) is 5.98. The molecule has 1 aliphatic carbocycles. The van der Waals surface area contributed by atoms with E-state index < -0.39 is 0 Å². The van der Waals surface area contributed by atoms with Gasteiger partial charge in [0.15, 0.2) is 0 Å². The Labute approximate surface area is 159 Å². The molecule has 0 spiro atoms. The van der Waals surface area contributed by atoms with Gasteiger partial charge in [-0.1, -0.05) is 6.42 Å². The Bertz CT molecular complexity index is 749. The van der Waals surface area contributed by atoms with Gasteiger partial charge in [-0.2, -0.15) is 0 Å². The van der Waals surface area contributed by atoms with Crippen molar-refractivity contribution in [1.82, 2.24) is 19.4 Å². The number of nitrogens with zero attached hydrogens (tertiary/aromatic N) is 4. The molecule has 0 aromatic carbocycles. The summed E-state index contributed by atoms with van der Waals surface area (Å²) in [5, 5.41) is 0. The van der Waals surface area contributed by atoms with Crippen LogP contribution < -0.4 is 0 Å². The molecule has 1 aliphatic heterocycles. The first-order valence-electron chi connectivity index (χ1n) is 9.88. The molecule has 2 aromatic rings. The van der Waals surface area contributed by atoms with Gasteiger partial charge in [0, 0.05) is 49.2 Å². The van der Waals surface area contributed by atoms with Gasteiger partial charge in [-0.05, 0) is 44.9 Å². The van der Waals surface area contributed by atoms with Crippen molar-refractivity contribution in [2.24, 2.45) is 5.92 Å². The first-order chi connectivity index (χ1) is 12.7. The van der Waals surface area contributed by atoms with Gasteiger partial charge >= 0.3 is 0 Å². The van der Waals surface area contributed by atoms with Gasteiger partial charge in [0.1, 0.15) is 5.82 Å². The Morgan fingerprint density at radius 1 is 1.27 bits per heavy atom. The van der Waals surface area contributed by atoms with E-state index in [0.29, 0.717) is 12.3 Å². The summed E-state index contributed by atoms with van der Waals surface area (Å²) in [5.41, 5.74) is 2.94. The fourth-order valence-corrected chi connectivity index (χ4v) is 4.93. The van der Waals surface area contributed by atoms with Crippen molar-refractivity contribution < 1.29 is 4.79 Å². The fraction of sp³-hybridized carbons (Fsp3) is 0.650. The maximum atomic E-state index is 12.7. The molecular formula is C20H28N4OS. The van der Waals surface area contributed by atoms with E-state index in [4.69, 9.17) is 0 Å². The summed E-state index contributed by atoms with van der Waals surface area (Å²) >= 11 is 1.66. The molecule has 2 aliphatic rings. The highest BCUT2D eigenvalue weighted by Crippen LogP contribution is 2.31. The zero-order valence-electron chi connectivity index (χ0n) is 15.6. The van der Waals surface area contributed by atoms with Gasteiger partial charge in [0.25, 0.3) is 0 Å². The third kappa shape index (κ3) is 3.85. The number of carbonyl (C=O) groups excluding carboxylic acids is 1. The Kier molecular flexibility index (Phi) is 5.38. The Balaban J connectivity index is 1.36. The molecule has 1 saturated heterocycles. The molecule has 3 heterocycles. The van der Waals surface area contributed by atoms with Crippen LogP contribution in [0.5, 0.6) is 0 Å². The number of carbonyl (C=O) groups is 1. The van der Waals surface area contributed by atoms with Crippen molar-refractivity contribution in [3.05, 3.63) is 34.3 Å². The lowest BCUT2D eigenvalue weighted by Crippen LogP contribution is -2.40. The lowest BCUT2D eigenvalue weighted by molar-refractivity contribution is -0.132. The van der Waals surface area contributed by atoms with Crippen molar-refractivity contribution in [3.63, 3.8) is 0 Å². The predicted octanol–water partition coefficient (Wildman–Crippen LogP) is 3.79. The molecule has 6 heteroatoms. The molecule has 1 atom stereocenters. The molecule has 140 valence electrons. The van der Waals surface area contributed by atoms with Crippen molar-refractivity contribution in [3.8, 4) is 0 Å². The summed E-state index contributed by atoms with van der Waals surface area (Å²) in [4.78, 5) is 25.0. The van der Waals surface area contributed by atoms with E-state index in [1.54, 1.807) is 11.3 Å². The smallest absolute Gasteiger partial charge is 0.222 e. The second-order valence-electron chi connectivity index (χ2n) is 7.77. The second-order valence-corrected chi connectivity index (χ2v) is 8.71. The summed E-state index contributed by atoms with van der Waals surface area (Å²) in [6.07, 6.45) is 11.8. The first kappa shape index (κ1) is 17.7. The first-order valence-corrected chi connectivity index (χ1v) is 10.8. The minimum absolute atomic E-state index is 0.277. The van der Waals surface area contributed by atoms with E-state index in [-0.39, 0.29) is 5.91 Å². The second kappa shape index (κ2) is 7.91. The number of hydrogen-bond acceptors (Lipinski definition) is 4. The molecule has 0 radical (unpaired) electrons. The zero-order chi connectivity index (χ0) is 17.9. The van der Waals surface area contributed by atoms with Crippen LogP contribution in [-0.4, -0.2) is 38.4 Å². The predicted molar refractivity (Wildman–Crippen MR) is 103 cm³/mol. The topological polar surface area (TPSA) is 51.0 Å². The van der Waals surface area contributed by atoms with Gasteiger partial charge in [-0.25, -0.2) is 9.97 Å². The number of aromatic nitrogens is 3. The molecule has 1 amide bonds. The fourth-order valence-electron chi connectivity index (χ4n) is 4.15. The van der Waals surface area contributed by atoms with E-state index in [2.05, 4.69) is 25.6 Å². The number of hydrogen-bond donors (Lipinski definition) is 0. The maximum absolute atomic E-state index is 12.7. The highest BCUT2D eigenvalue weighted by molar-refractivity contribution is 7.09. The van der Waals surface area contributed by atoms with Gasteiger partial charge in [0.2, 0.25) is 5.91 Å². The molecule has 2 fully saturated rings. The lowest BCUT2D eigenvalue weighted by Gasteiger charge is -2.34. The van der Waals surface area contributed by atoms with E-state index in [1.165, 1.54) is 30.0 Å². The van der Waals surface area contributed by atoms with Crippen LogP contribution in [0.3, 0.4) is 0 Å². The van der Waals surface area contributed by atoms with E-state index >= 15 is 0 Å². The normalized spacial score (nSPS) is 21.0. The standard InChI is InChI=1S/C20H28N4OS/c1-15-18(26-14-22-15)7-8-19(25)23-10-3-6-17(13-23)20-21-9-11-24(20)12-16-4-2-5-16/h9,11,14,16-17H,2-8,10,12-13H2,1H3. The van der Waals surface area contributed by atoms with Crippen LogP contribution in [0.2, 0.25) is 0 Å². The van der Waals surface area contributed by atoms with Crippen LogP contribution >= 0.6 is 11.3 Å². The Morgan fingerprint density at radius 2 is 2.15 bits per heavy atom. The highest BCUT2D eigenvalue weighted by Gasteiger charge is 2.28. The molecule has 0 N–H and O–H groups in total. The third-order valence-corrected chi connectivity index (χ3v) is 6.97. The quantitative estimate of drug-likeness (QED) is 0.775. The van der Waals surface area contributed by atoms with E-state index in [9.17, 15) is 4.79 Å². The van der Waals surface area contributed by atoms with Crippen molar-refractivity contribution >= 4 is 17.2 Å². The van der Waals surface area contributed by atoms with Crippen LogP contribution in [0.1, 0.15) is 60.8 Å². The zero-order valence-corrected chi connectivity index (χ0v) is 16.4. The van der Waals surface area contributed by atoms with Gasteiger partial charge in [0.05, 0.1) is 11.2 Å². The molecular weight excluding hydrogens is 344 g/mol. The number of thiazole rings is 1. The van der Waals surface area contributed by atoms with Crippen LogP contribution in [0.15, 0.2) is 17.9 Å². The Hall–Kier alpha value is -1.69.